The number of nitrogens with zero attached hydrogens (tertiary/aromatic N) is 5. The molecule has 28 heavy (non-hydrogen) atoms. The lowest BCUT2D eigenvalue weighted by molar-refractivity contribution is -0.165. The van der Waals surface area contributed by atoms with Crippen molar-refractivity contribution in [1.29, 1.82) is 0 Å². The molecule has 10 heteroatoms. The van der Waals surface area contributed by atoms with Crippen LogP contribution < -0.4 is 15.8 Å². The fourth-order valence-electron chi connectivity index (χ4n) is 4.07. The van der Waals surface area contributed by atoms with Crippen molar-refractivity contribution in [1.82, 2.24) is 25.4 Å². The first-order valence-electron chi connectivity index (χ1n) is 9.58. The van der Waals surface area contributed by atoms with Gasteiger partial charge in [-0.2, -0.15) is 15.0 Å². The van der Waals surface area contributed by atoms with Crippen LogP contribution >= 0.6 is 0 Å². The van der Waals surface area contributed by atoms with Gasteiger partial charge in [0.1, 0.15) is 5.82 Å². The van der Waals surface area contributed by atoms with E-state index >= 15 is 0 Å². The highest BCUT2D eigenvalue weighted by Crippen LogP contribution is 2.42. The van der Waals surface area contributed by atoms with Crippen LogP contribution in [0, 0.1) is 17.3 Å². The van der Waals surface area contributed by atoms with E-state index in [0.717, 1.165) is 6.42 Å². The number of aromatic nitrogens is 3. The third-order valence-corrected chi connectivity index (χ3v) is 5.03. The van der Waals surface area contributed by atoms with Gasteiger partial charge in [0.05, 0.1) is 12.0 Å². The number of hydrogen-bond donors (Lipinski definition) is 3. The number of carbonyl (C=O) groups is 2. The lowest BCUT2D eigenvalue weighted by atomic mass is 9.65. The van der Waals surface area contributed by atoms with Gasteiger partial charge in [0.2, 0.25) is 24.2 Å². The first-order chi connectivity index (χ1) is 13.2. The van der Waals surface area contributed by atoms with Gasteiger partial charge < -0.3 is 4.90 Å². The van der Waals surface area contributed by atoms with E-state index in [4.69, 9.17) is 0 Å². The van der Waals surface area contributed by atoms with Crippen LogP contribution in [0.25, 0.3) is 0 Å². The quantitative estimate of drug-likeness (QED) is 0.342. The molecule has 0 radical (unpaired) electrons. The molecule has 10 nitrogen and oxygen atoms in total. The van der Waals surface area contributed by atoms with E-state index in [-0.39, 0.29) is 18.4 Å². The Bertz CT molecular complexity index is 688. The van der Waals surface area contributed by atoms with Crippen LogP contribution in [0.5, 0.6) is 0 Å². The molecule has 1 fully saturated rings. The van der Waals surface area contributed by atoms with Crippen molar-refractivity contribution in [3.8, 4) is 0 Å². The molecule has 3 N–H and O–H groups in total. The molecule has 0 bridgehead atoms. The zero-order valence-electron chi connectivity index (χ0n) is 17.3. The molecule has 1 aromatic heterocycles. The second kappa shape index (κ2) is 9.13. The van der Waals surface area contributed by atoms with Crippen molar-refractivity contribution in [3.05, 3.63) is 5.82 Å². The normalized spacial score (nSPS) is 24.4. The molecule has 1 aliphatic carbocycles. The highest BCUT2D eigenvalue weighted by atomic mass is 16.5. The predicted octanol–water partition coefficient (Wildman–Crippen LogP) is 1.23. The minimum absolute atomic E-state index is 0.0565. The fraction of sp³-hybridized carbons (Fsp3) is 0.722. The Balaban J connectivity index is 2.20. The van der Waals surface area contributed by atoms with Gasteiger partial charge in [0, 0.05) is 20.5 Å². The molecule has 1 saturated carbocycles. The summed E-state index contributed by atoms with van der Waals surface area (Å²) < 4.78 is 0. The number of hydrazine groups is 1. The summed E-state index contributed by atoms with van der Waals surface area (Å²) in [5, 5.41) is 10.3. The molecule has 1 heterocycles. The summed E-state index contributed by atoms with van der Waals surface area (Å²) in [5.74, 6) is 1.65. The minimum atomic E-state index is -0.884. The van der Waals surface area contributed by atoms with Gasteiger partial charge in [0.15, 0.2) is 0 Å². The SMILES string of the molecule is CCc1nc(NNC(=O)C2(CN(O)C=O)C[C@H](C)C[C@H](C)C2)nc(N(C)C)n1. The summed E-state index contributed by atoms with van der Waals surface area (Å²) in [6, 6.07) is 0. The van der Waals surface area contributed by atoms with Crippen molar-refractivity contribution in [2.75, 3.05) is 31.0 Å². The van der Waals surface area contributed by atoms with E-state index in [1.165, 1.54) is 0 Å². The molecule has 3 atom stereocenters. The molecule has 2 rings (SSSR count). The van der Waals surface area contributed by atoms with E-state index < -0.39 is 5.41 Å². The van der Waals surface area contributed by atoms with Crippen LogP contribution in [-0.2, 0) is 16.0 Å². The number of carbonyl (C=O) groups excluding carboxylic acids is 2. The first kappa shape index (κ1) is 21.8. The lowest BCUT2D eigenvalue weighted by Crippen LogP contribution is -2.52. The van der Waals surface area contributed by atoms with E-state index in [1.54, 1.807) is 4.90 Å². The average Bonchev–Trinajstić information content (AvgIpc) is 2.64. The number of hydroxylamine groups is 2. The Hall–Kier alpha value is -2.49. The van der Waals surface area contributed by atoms with Crippen molar-refractivity contribution < 1.29 is 14.8 Å². The van der Waals surface area contributed by atoms with Crippen LogP contribution in [-0.4, -0.2) is 58.2 Å². The maximum Gasteiger partial charge on any atom is 0.246 e. The summed E-state index contributed by atoms with van der Waals surface area (Å²) in [7, 11) is 3.65. The van der Waals surface area contributed by atoms with Crippen LogP contribution in [0.15, 0.2) is 0 Å². The maximum atomic E-state index is 13.1. The summed E-state index contributed by atoms with van der Waals surface area (Å²) in [6.45, 7) is 6.04. The molecule has 1 unspecified atom stereocenters. The number of amides is 2. The van der Waals surface area contributed by atoms with Gasteiger partial charge in [-0.05, 0) is 31.1 Å². The van der Waals surface area contributed by atoms with E-state index in [9.17, 15) is 14.8 Å². The van der Waals surface area contributed by atoms with Crippen molar-refractivity contribution in [2.45, 2.75) is 46.5 Å². The molecule has 2 amide bonds. The second-order valence-corrected chi connectivity index (χ2v) is 8.04. The van der Waals surface area contributed by atoms with Gasteiger partial charge in [-0.1, -0.05) is 20.8 Å². The summed E-state index contributed by atoms with van der Waals surface area (Å²) in [6.07, 6.45) is 3.12. The molecular weight excluding hydrogens is 362 g/mol. The Morgan fingerprint density at radius 1 is 1.25 bits per heavy atom. The third-order valence-electron chi connectivity index (χ3n) is 5.03. The van der Waals surface area contributed by atoms with E-state index in [2.05, 4.69) is 39.7 Å². The van der Waals surface area contributed by atoms with Gasteiger partial charge in [-0.15, -0.1) is 0 Å². The zero-order valence-corrected chi connectivity index (χ0v) is 17.3. The highest BCUT2D eigenvalue weighted by Gasteiger charge is 2.45. The van der Waals surface area contributed by atoms with Crippen molar-refractivity contribution in [2.24, 2.45) is 17.3 Å². The molecule has 0 aliphatic heterocycles. The first-order valence-corrected chi connectivity index (χ1v) is 9.58. The Morgan fingerprint density at radius 3 is 2.43 bits per heavy atom. The van der Waals surface area contributed by atoms with Crippen LogP contribution in [0.3, 0.4) is 0 Å². The van der Waals surface area contributed by atoms with Crippen molar-refractivity contribution >= 4 is 24.2 Å². The van der Waals surface area contributed by atoms with Crippen molar-refractivity contribution in [3.63, 3.8) is 0 Å². The molecule has 0 aromatic carbocycles. The average molecular weight is 393 g/mol. The van der Waals surface area contributed by atoms with Crippen LogP contribution in [0.2, 0.25) is 0 Å². The van der Waals surface area contributed by atoms with Crippen LogP contribution in [0.1, 0.15) is 45.9 Å². The molecule has 0 spiro atoms. The van der Waals surface area contributed by atoms with Gasteiger partial charge in [-0.25, -0.2) is 5.06 Å². The molecule has 0 saturated heterocycles. The third kappa shape index (κ3) is 5.28. The summed E-state index contributed by atoms with van der Waals surface area (Å²) >= 11 is 0. The number of anilines is 2. The predicted molar refractivity (Wildman–Crippen MR) is 104 cm³/mol. The number of nitrogens with one attached hydrogen (secondary N) is 2. The summed E-state index contributed by atoms with van der Waals surface area (Å²) in [5.41, 5.74) is 4.58. The number of rotatable bonds is 8. The van der Waals surface area contributed by atoms with E-state index in [0.29, 0.717) is 54.3 Å². The standard InChI is InChI=1S/C18H31N7O3/c1-6-14-19-16(21-17(20-14)24(4)5)23-22-15(27)18(10-25(28)11-26)8-12(2)7-13(3)9-18/h11-13,28H,6-10H2,1-5H3,(H,22,27)(H,19,20,21,23)/t12-,13+,18?. The summed E-state index contributed by atoms with van der Waals surface area (Å²) in [4.78, 5) is 38.7. The topological polar surface area (TPSA) is 124 Å². The minimum Gasteiger partial charge on any atom is -0.347 e. The maximum absolute atomic E-state index is 13.1. The lowest BCUT2D eigenvalue weighted by Gasteiger charge is -2.42. The Kier molecular flexibility index (Phi) is 7.11. The zero-order chi connectivity index (χ0) is 20.9. The van der Waals surface area contributed by atoms with Gasteiger partial charge in [-0.3, -0.25) is 25.6 Å². The second-order valence-electron chi connectivity index (χ2n) is 8.04. The van der Waals surface area contributed by atoms with E-state index in [1.807, 2.05) is 21.0 Å². The largest absolute Gasteiger partial charge is 0.347 e. The molecule has 156 valence electrons. The number of aryl methyl sites for hydroxylation is 1. The molecule has 1 aliphatic rings. The molecular formula is C18H31N7O3. The highest BCUT2D eigenvalue weighted by molar-refractivity contribution is 5.84. The van der Waals surface area contributed by atoms with Gasteiger partial charge >= 0.3 is 0 Å². The van der Waals surface area contributed by atoms with Gasteiger partial charge in [0.25, 0.3) is 0 Å². The number of hydrogen-bond acceptors (Lipinski definition) is 8. The monoisotopic (exact) mass is 393 g/mol. The van der Waals surface area contributed by atoms with Crippen LogP contribution in [0.4, 0.5) is 11.9 Å². The molecule has 1 aromatic rings. The fourth-order valence-corrected chi connectivity index (χ4v) is 4.07. The smallest absolute Gasteiger partial charge is 0.246 e. The Labute approximate surface area is 165 Å². The Morgan fingerprint density at radius 2 is 1.89 bits per heavy atom.